The molecule has 2 saturated heterocycles. The van der Waals surface area contributed by atoms with E-state index in [0.29, 0.717) is 26.4 Å². The van der Waals surface area contributed by atoms with Gasteiger partial charge in [0.1, 0.15) is 0 Å². The monoisotopic (exact) mass is 558 g/mol. The summed E-state index contributed by atoms with van der Waals surface area (Å²) in [4.78, 5) is 0. The third-order valence-electron chi connectivity index (χ3n) is 3.81. The summed E-state index contributed by atoms with van der Waals surface area (Å²) >= 11 is -0.541. The van der Waals surface area contributed by atoms with Crippen molar-refractivity contribution < 1.29 is 18.9 Å². The van der Waals surface area contributed by atoms with Gasteiger partial charge in [-0.1, -0.05) is 0 Å². The molecule has 0 spiro atoms. The average molecular weight is 554 g/mol. The topological polar surface area (TPSA) is 36.9 Å². The van der Waals surface area contributed by atoms with Crippen molar-refractivity contribution in [2.45, 2.75) is 12.6 Å². The van der Waals surface area contributed by atoms with Gasteiger partial charge in [-0.25, -0.2) is 0 Å². The summed E-state index contributed by atoms with van der Waals surface area (Å²) < 4.78 is 25.8. The molecule has 4 nitrogen and oxygen atoms in total. The zero-order valence-electron chi connectivity index (χ0n) is 13.1. The van der Waals surface area contributed by atoms with E-state index in [1.807, 2.05) is 0 Å². The van der Waals surface area contributed by atoms with Crippen molar-refractivity contribution in [2.24, 2.45) is 0 Å². The summed E-state index contributed by atoms with van der Waals surface area (Å²) in [7, 11) is 0. The van der Waals surface area contributed by atoms with Crippen LogP contribution in [0.15, 0.2) is 48.5 Å². The van der Waals surface area contributed by atoms with Crippen molar-refractivity contribution in [1.82, 2.24) is 0 Å². The second kappa shape index (κ2) is 8.49. The predicted octanol–water partition coefficient (Wildman–Crippen LogP) is 1.05. The van der Waals surface area contributed by atoms with Gasteiger partial charge in [0, 0.05) is 0 Å². The molecule has 0 radical (unpaired) electrons. The molecule has 2 heterocycles. The van der Waals surface area contributed by atoms with Crippen LogP contribution in [0.1, 0.15) is 23.7 Å². The van der Waals surface area contributed by atoms with E-state index in [1.165, 1.54) is 18.3 Å². The van der Waals surface area contributed by atoms with Crippen molar-refractivity contribution in [1.29, 1.82) is 0 Å². The molecular weight excluding hydrogens is 535 g/mol. The fourth-order valence-electron chi connectivity index (χ4n) is 2.67. The summed E-state index contributed by atoms with van der Waals surface area (Å²) in [5.74, 6) is 0. The molecule has 2 aromatic rings. The molecule has 0 unspecified atom stereocenters. The summed E-state index contributed by atoms with van der Waals surface area (Å²) in [6.45, 7) is 2.76. The molecule has 0 aliphatic carbocycles. The second-order valence-corrected chi connectivity index (χ2v) is 15.2. The van der Waals surface area contributed by atoms with Gasteiger partial charge in [-0.05, 0) is 0 Å². The molecule has 0 atom stereocenters. The number of rotatable bonds is 5. The normalized spacial score (nSPS) is 19.2. The third kappa shape index (κ3) is 3.98. The summed E-state index contributed by atoms with van der Waals surface area (Å²) in [5, 5.41) is 0. The summed E-state index contributed by atoms with van der Waals surface area (Å²) in [6.07, 6.45) is -0.342. The van der Waals surface area contributed by atoms with Gasteiger partial charge in [0.2, 0.25) is 0 Å². The Bertz CT molecular complexity index is 623. The number of hydrogen-bond donors (Lipinski definition) is 0. The van der Waals surface area contributed by atoms with Crippen LogP contribution >= 0.6 is 0 Å². The minimum atomic E-state index is -0.270. The standard InChI is InChI=1S/C18H18O4Te2/c1-3-7-15(13(5-1)17-19-9-10-20-17)23-24-16-8-4-2-6-14(16)18-21-11-12-22-18/h1-8,17-18H,9-12H2. The molecule has 2 aliphatic heterocycles. The van der Waals surface area contributed by atoms with Crippen LogP contribution in [0.4, 0.5) is 0 Å². The molecule has 2 fully saturated rings. The van der Waals surface area contributed by atoms with Crippen molar-refractivity contribution in [3.63, 3.8) is 0 Å². The van der Waals surface area contributed by atoms with Gasteiger partial charge < -0.3 is 0 Å². The molecule has 0 N–H and O–H groups in total. The molecule has 0 bridgehead atoms. The molecule has 6 heteroatoms. The first-order valence-corrected chi connectivity index (χ1v) is 17.6. The first-order valence-electron chi connectivity index (χ1n) is 7.90. The Kier molecular flexibility index (Phi) is 6.12. The Morgan fingerprint density at radius 3 is 1.38 bits per heavy atom. The molecular formula is C18H18O4Te2. The Balaban J connectivity index is 1.51. The van der Waals surface area contributed by atoms with E-state index in [2.05, 4.69) is 48.5 Å². The Hall–Kier alpha value is -0.141. The van der Waals surface area contributed by atoms with Gasteiger partial charge >= 0.3 is 159 Å². The maximum atomic E-state index is 5.71. The fourth-order valence-corrected chi connectivity index (χ4v) is 14.7. The van der Waals surface area contributed by atoms with Gasteiger partial charge in [-0.3, -0.25) is 0 Å². The van der Waals surface area contributed by atoms with Gasteiger partial charge in [-0.15, -0.1) is 0 Å². The van der Waals surface area contributed by atoms with Gasteiger partial charge in [0.25, 0.3) is 0 Å². The number of ether oxygens (including phenoxy) is 4. The van der Waals surface area contributed by atoms with E-state index in [4.69, 9.17) is 18.9 Å². The maximum absolute atomic E-state index is 5.71. The van der Waals surface area contributed by atoms with Crippen LogP contribution in [0, 0.1) is 0 Å². The van der Waals surface area contributed by atoms with Gasteiger partial charge in [-0.2, -0.15) is 0 Å². The van der Waals surface area contributed by atoms with Crippen LogP contribution in [0.25, 0.3) is 0 Å². The van der Waals surface area contributed by atoms with Gasteiger partial charge in [0.15, 0.2) is 0 Å². The van der Waals surface area contributed by atoms with Crippen LogP contribution in [0.2, 0.25) is 0 Å². The Morgan fingerprint density at radius 2 is 0.958 bits per heavy atom. The zero-order chi connectivity index (χ0) is 16.2. The van der Waals surface area contributed by atoms with Crippen LogP contribution in [-0.2, 0) is 18.9 Å². The first-order chi connectivity index (χ1) is 11.9. The molecule has 4 rings (SSSR count). The Morgan fingerprint density at radius 1 is 0.583 bits per heavy atom. The van der Waals surface area contributed by atoms with Gasteiger partial charge in [0.05, 0.1) is 0 Å². The first kappa shape index (κ1) is 17.3. The summed E-state index contributed by atoms with van der Waals surface area (Å²) in [6, 6.07) is 17.2. The summed E-state index contributed by atoms with van der Waals surface area (Å²) in [5.41, 5.74) is 2.46. The molecule has 0 amide bonds. The van der Waals surface area contributed by atoms with Crippen LogP contribution < -0.4 is 7.22 Å². The zero-order valence-corrected chi connectivity index (χ0v) is 17.7. The predicted molar refractivity (Wildman–Crippen MR) is 93.0 cm³/mol. The molecule has 24 heavy (non-hydrogen) atoms. The molecule has 126 valence electrons. The minimum absolute atomic E-state index is 0.171. The van der Waals surface area contributed by atoms with Crippen molar-refractivity contribution in [3.8, 4) is 0 Å². The van der Waals surface area contributed by atoms with E-state index < -0.39 is 0 Å². The number of benzene rings is 2. The molecule has 0 aromatic heterocycles. The quantitative estimate of drug-likeness (QED) is 0.520. The molecule has 0 saturated carbocycles. The van der Waals surface area contributed by atoms with E-state index in [-0.39, 0.29) is 46.7 Å². The molecule has 2 aromatic carbocycles. The van der Waals surface area contributed by atoms with Crippen LogP contribution in [-0.4, -0.2) is 60.5 Å². The van der Waals surface area contributed by atoms with E-state index in [9.17, 15) is 0 Å². The van der Waals surface area contributed by atoms with Crippen LogP contribution in [0.3, 0.4) is 0 Å². The fraction of sp³-hybridized carbons (Fsp3) is 0.333. The van der Waals surface area contributed by atoms with E-state index in [0.717, 1.165) is 0 Å². The van der Waals surface area contributed by atoms with Crippen molar-refractivity contribution in [2.75, 3.05) is 26.4 Å². The average Bonchev–Trinajstić information content (AvgIpc) is 3.34. The second-order valence-electron chi connectivity index (χ2n) is 5.39. The van der Waals surface area contributed by atoms with Crippen molar-refractivity contribution in [3.05, 3.63) is 59.7 Å². The van der Waals surface area contributed by atoms with Crippen molar-refractivity contribution >= 4 is 41.3 Å². The Labute approximate surface area is 158 Å². The number of hydrogen-bond acceptors (Lipinski definition) is 4. The molecule has 2 aliphatic rings. The SMILES string of the molecule is c1ccc(C2OCCO2)c([Te][Te]c2ccccc2C2OCCO2)c1. The third-order valence-corrected chi connectivity index (χ3v) is 15.7. The van der Waals surface area contributed by atoms with Crippen LogP contribution in [0.5, 0.6) is 0 Å². The van der Waals surface area contributed by atoms with E-state index in [1.54, 1.807) is 0 Å². The van der Waals surface area contributed by atoms with E-state index >= 15 is 0 Å².